The minimum absolute atomic E-state index is 0.714. The van der Waals surface area contributed by atoms with Crippen molar-refractivity contribution < 1.29 is 4.74 Å². The lowest BCUT2D eigenvalue weighted by Gasteiger charge is -2.28. The third-order valence-corrected chi connectivity index (χ3v) is 2.96. The molecule has 1 aromatic rings. The molecule has 1 N–H and O–H groups in total. The minimum Gasteiger partial charge on any atom is -0.378 e. The molecule has 0 radical (unpaired) electrons. The van der Waals surface area contributed by atoms with E-state index in [9.17, 15) is 0 Å². The normalized spacial score (nSPS) is 16.5. The highest BCUT2D eigenvalue weighted by atomic mass is 35.5. The topological polar surface area (TPSA) is 37.4 Å². The van der Waals surface area contributed by atoms with E-state index in [0.717, 1.165) is 44.2 Å². The number of pyridine rings is 1. The van der Waals surface area contributed by atoms with Gasteiger partial charge in [0, 0.05) is 25.8 Å². The van der Waals surface area contributed by atoms with Crippen LogP contribution in [0.1, 0.15) is 5.56 Å². The van der Waals surface area contributed by atoms with Gasteiger partial charge in [-0.05, 0) is 18.7 Å². The van der Waals surface area contributed by atoms with E-state index < -0.39 is 0 Å². The molecule has 0 bridgehead atoms. The first-order valence-corrected chi connectivity index (χ1v) is 5.81. The molecule has 1 saturated heterocycles. The van der Waals surface area contributed by atoms with Crippen LogP contribution in [0.25, 0.3) is 0 Å². The van der Waals surface area contributed by atoms with E-state index in [2.05, 4.69) is 15.2 Å². The first kappa shape index (κ1) is 11.6. The maximum absolute atomic E-state index is 6.07. The third kappa shape index (κ3) is 2.64. The highest BCUT2D eigenvalue weighted by Gasteiger charge is 2.13. The second-order valence-electron chi connectivity index (χ2n) is 3.76. The average molecular weight is 242 g/mol. The highest BCUT2D eigenvalue weighted by Crippen LogP contribution is 2.20. The van der Waals surface area contributed by atoms with Crippen LogP contribution in [0.4, 0.5) is 5.82 Å². The van der Waals surface area contributed by atoms with Crippen molar-refractivity contribution in [3.05, 3.63) is 22.8 Å². The standard InChI is InChI=1S/C11H16ClN3O/c1-13-7-9-6-11(14-8-10(9)12)15-2-4-16-5-3-15/h6,8,13H,2-5,7H2,1H3. The maximum atomic E-state index is 6.07. The van der Waals surface area contributed by atoms with Gasteiger partial charge in [-0.25, -0.2) is 4.98 Å². The molecule has 0 saturated carbocycles. The number of anilines is 1. The number of nitrogens with one attached hydrogen (secondary N) is 1. The summed E-state index contributed by atoms with van der Waals surface area (Å²) in [6.07, 6.45) is 1.72. The lowest BCUT2D eigenvalue weighted by Crippen LogP contribution is -2.36. The molecular weight excluding hydrogens is 226 g/mol. The smallest absolute Gasteiger partial charge is 0.129 e. The Hall–Kier alpha value is -0.840. The van der Waals surface area contributed by atoms with Gasteiger partial charge < -0.3 is 15.0 Å². The number of nitrogens with zero attached hydrogens (tertiary/aromatic N) is 2. The number of hydrogen-bond acceptors (Lipinski definition) is 4. The molecule has 0 amide bonds. The minimum atomic E-state index is 0.714. The largest absolute Gasteiger partial charge is 0.378 e. The fourth-order valence-electron chi connectivity index (χ4n) is 1.76. The molecular formula is C11H16ClN3O. The van der Waals surface area contributed by atoms with Crippen LogP contribution in [0, 0.1) is 0 Å². The van der Waals surface area contributed by atoms with E-state index >= 15 is 0 Å². The molecule has 2 heterocycles. The zero-order valence-corrected chi connectivity index (χ0v) is 10.1. The summed E-state index contributed by atoms with van der Waals surface area (Å²) >= 11 is 6.07. The molecule has 1 aliphatic heterocycles. The van der Waals surface area contributed by atoms with E-state index in [1.165, 1.54) is 0 Å². The van der Waals surface area contributed by atoms with Crippen molar-refractivity contribution in [2.75, 3.05) is 38.3 Å². The Morgan fingerprint density at radius 2 is 2.25 bits per heavy atom. The molecule has 5 heteroatoms. The molecule has 0 aromatic carbocycles. The second kappa shape index (κ2) is 5.48. The first-order valence-electron chi connectivity index (χ1n) is 5.43. The van der Waals surface area contributed by atoms with E-state index in [-0.39, 0.29) is 0 Å². The van der Waals surface area contributed by atoms with Crippen molar-refractivity contribution in [3.63, 3.8) is 0 Å². The SMILES string of the molecule is CNCc1cc(N2CCOCC2)ncc1Cl. The zero-order valence-electron chi connectivity index (χ0n) is 9.37. The molecule has 2 rings (SSSR count). The predicted octanol–water partition coefficient (Wildman–Crippen LogP) is 1.29. The molecule has 0 aliphatic carbocycles. The van der Waals surface area contributed by atoms with Crippen molar-refractivity contribution in [1.82, 2.24) is 10.3 Å². The van der Waals surface area contributed by atoms with Crippen LogP contribution in [-0.4, -0.2) is 38.3 Å². The maximum Gasteiger partial charge on any atom is 0.129 e. The molecule has 1 aliphatic rings. The Morgan fingerprint density at radius 1 is 1.50 bits per heavy atom. The fraction of sp³-hybridized carbons (Fsp3) is 0.545. The quantitative estimate of drug-likeness (QED) is 0.866. The van der Waals surface area contributed by atoms with E-state index in [4.69, 9.17) is 16.3 Å². The summed E-state index contributed by atoms with van der Waals surface area (Å²) in [6, 6.07) is 2.05. The number of hydrogen-bond donors (Lipinski definition) is 1. The van der Waals surface area contributed by atoms with Gasteiger partial charge in [0.15, 0.2) is 0 Å². The Morgan fingerprint density at radius 3 is 2.94 bits per heavy atom. The van der Waals surface area contributed by atoms with Gasteiger partial charge in [-0.1, -0.05) is 11.6 Å². The molecule has 0 unspecified atom stereocenters. The molecule has 1 aromatic heterocycles. The van der Waals surface area contributed by atoms with Crippen LogP contribution < -0.4 is 10.2 Å². The summed E-state index contributed by atoms with van der Waals surface area (Å²) in [4.78, 5) is 6.58. The van der Waals surface area contributed by atoms with E-state index in [1.807, 2.05) is 13.1 Å². The van der Waals surface area contributed by atoms with Crippen LogP contribution in [0.15, 0.2) is 12.3 Å². The lowest BCUT2D eigenvalue weighted by molar-refractivity contribution is 0.122. The van der Waals surface area contributed by atoms with Crippen molar-refractivity contribution in [3.8, 4) is 0 Å². The average Bonchev–Trinajstić information content (AvgIpc) is 2.33. The van der Waals surface area contributed by atoms with Gasteiger partial charge in [0.1, 0.15) is 5.82 Å². The van der Waals surface area contributed by atoms with Gasteiger partial charge in [0.25, 0.3) is 0 Å². The van der Waals surface area contributed by atoms with Gasteiger partial charge >= 0.3 is 0 Å². The molecule has 4 nitrogen and oxygen atoms in total. The summed E-state index contributed by atoms with van der Waals surface area (Å²) in [6.45, 7) is 4.09. The highest BCUT2D eigenvalue weighted by molar-refractivity contribution is 6.31. The Balaban J connectivity index is 2.17. The summed E-state index contributed by atoms with van der Waals surface area (Å²) in [5.74, 6) is 0.984. The van der Waals surface area contributed by atoms with Gasteiger partial charge in [0.2, 0.25) is 0 Å². The predicted molar refractivity (Wildman–Crippen MR) is 65.0 cm³/mol. The molecule has 0 spiro atoms. The number of rotatable bonds is 3. The fourth-order valence-corrected chi connectivity index (χ4v) is 1.93. The van der Waals surface area contributed by atoms with Crippen molar-refractivity contribution >= 4 is 17.4 Å². The van der Waals surface area contributed by atoms with Crippen LogP contribution in [0.3, 0.4) is 0 Å². The monoisotopic (exact) mass is 241 g/mol. The van der Waals surface area contributed by atoms with Crippen LogP contribution >= 0.6 is 11.6 Å². The van der Waals surface area contributed by atoms with Gasteiger partial charge in [-0.15, -0.1) is 0 Å². The molecule has 88 valence electrons. The number of halogens is 1. The first-order chi connectivity index (χ1) is 7.81. The summed E-state index contributed by atoms with van der Waals surface area (Å²) in [7, 11) is 1.91. The van der Waals surface area contributed by atoms with Crippen molar-refractivity contribution in [2.45, 2.75) is 6.54 Å². The van der Waals surface area contributed by atoms with E-state index in [0.29, 0.717) is 5.02 Å². The molecule has 16 heavy (non-hydrogen) atoms. The lowest BCUT2D eigenvalue weighted by atomic mass is 10.2. The third-order valence-electron chi connectivity index (χ3n) is 2.62. The Kier molecular flexibility index (Phi) is 3.98. The Labute approximate surface area is 101 Å². The van der Waals surface area contributed by atoms with E-state index in [1.54, 1.807) is 6.20 Å². The summed E-state index contributed by atoms with van der Waals surface area (Å²) in [5.41, 5.74) is 1.08. The summed E-state index contributed by atoms with van der Waals surface area (Å²) in [5, 5.41) is 3.81. The molecule has 0 atom stereocenters. The van der Waals surface area contributed by atoms with Crippen LogP contribution in [0.5, 0.6) is 0 Å². The van der Waals surface area contributed by atoms with Crippen molar-refractivity contribution in [1.29, 1.82) is 0 Å². The van der Waals surface area contributed by atoms with Crippen molar-refractivity contribution in [2.24, 2.45) is 0 Å². The molecule has 1 fully saturated rings. The zero-order chi connectivity index (χ0) is 11.4. The number of ether oxygens (including phenoxy) is 1. The Bertz CT molecular complexity index is 353. The van der Waals surface area contributed by atoms with Crippen LogP contribution in [-0.2, 0) is 11.3 Å². The van der Waals surface area contributed by atoms with Crippen LogP contribution in [0.2, 0.25) is 5.02 Å². The van der Waals surface area contributed by atoms with Gasteiger partial charge in [0.05, 0.1) is 18.2 Å². The van der Waals surface area contributed by atoms with Gasteiger partial charge in [-0.2, -0.15) is 0 Å². The summed E-state index contributed by atoms with van der Waals surface area (Å²) < 4.78 is 5.31. The second-order valence-corrected chi connectivity index (χ2v) is 4.17. The number of aromatic nitrogens is 1. The number of morpholine rings is 1. The van der Waals surface area contributed by atoms with Gasteiger partial charge in [-0.3, -0.25) is 0 Å².